The lowest BCUT2D eigenvalue weighted by Gasteiger charge is -2.22. The summed E-state index contributed by atoms with van der Waals surface area (Å²) in [5.74, 6) is -5.35. The molecule has 0 spiro atoms. The van der Waals surface area contributed by atoms with Gasteiger partial charge < -0.3 is 19.8 Å². The first-order chi connectivity index (χ1) is 16.6. The molecule has 1 fully saturated rings. The predicted octanol–water partition coefficient (Wildman–Crippen LogP) is 2.62. The first-order valence-corrected chi connectivity index (χ1v) is 10.6. The van der Waals surface area contributed by atoms with E-state index < -0.39 is 29.7 Å². The van der Waals surface area contributed by atoms with Crippen molar-refractivity contribution in [3.63, 3.8) is 0 Å². The minimum atomic E-state index is -3.76. The lowest BCUT2D eigenvalue weighted by molar-refractivity contribution is -0.179. The lowest BCUT2D eigenvalue weighted by Crippen LogP contribution is -2.46. The normalized spacial score (nSPS) is 19.4. The number of aliphatic hydroxyl groups is 1. The van der Waals surface area contributed by atoms with E-state index >= 15 is 0 Å². The molecule has 5 heterocycles. The van der Waals surface area contributed by atoms with Crippen LogP contribution in [0.15, 0.2) is 47.2 Å². The van der Waals surface area contributed by atoms with Gasteiger partial charge in [-0.15, -0.1) is 0 Å². The highest BCUT2D eigenvalue weighted by Crippen LogP contribution is 2.45. The molecular formula is C21H17ClF2N8O3. The largest absolute Gasteiger partial charge is 0.368 e. The van der Waals surface area contributed by atoms with Crippen molar-refractivity contribution in [3.05, 3.63) is 53.6 Å². The van der Waals surface area contributed by atoms with Crippen LogP contribution in [0.25, 0.3) is 22.8 Å². The van der Waals surface area contributed by atoms with Crippen molar-refractivity contribution in [2.24, 2.45) is 7.05 Å². The van der Waals surface area contributed by atoms with Crippen molar-refractivity contribution in [1.29, 1.82) is 0 Å². The molecule has 180 valence electrons. The molecule has 1 amide bonds. The van der Waals surface area contributed by atoms with Gasteiger partial charge in [-0.1, -0.05) is 22.8 Å². The van der Waals surface area contributed by atoms with Crippen LogP contribution in [-0.2, 0) is 17.4 Å². The van der Waals surface area contributed by atoms with Crippen molar-refractivity contribution < 1.29 is 23.2 Å². The van der Waals surface area contributed by atoms with E-state index in [4.69, 9.17) is 16.1 Å². The Bertz CT molecular complexity index is 1440. The number of anilines is 2. The first-order valence-electron chi connectivity index (χ1n) is 10.2. The number of hydrogen-bond donors (Lipinski definition) is 2. The summed E-state index contributed by atoms with van der Waals surface area (Å²) in [6, 6.07) is 7.63. The molecule has 0 saturated carbocycles. The fourth-order valence-corrected chi connectivity index (χ4v) is 3.82. The van der Waals surface area contributed by atoms with E-state index in [2.05, 4.69) is 30.5 Å². The second kappa shape index (κ2) is 8.06. The highest BCUT2D eigenvalue weighted by molar-refractivity contribution is 6.32. The van der Waals surface area contributed by atoms with Gasteiger partial charge in [0.25, 0.3) is 11.5 Å². The van der Waals surface area contributed by atoms with Gasteiger partial charge in [0.05, 0.1) is 35.5 Å². The molecule has 1 aliphatic heterocycles. The standard InChI is InChI=1S/C21H17ClF2N8O3/c1-31-10-20(23,24)21(34,18(31)33)16-8-14(30-35-16)12-5-3-4-11(27-12)13-6-7-25-19(28-13)29-15-9-26-32(2)17(15)22/h3-9,34H,10H2,1-2H3,(H,25,28,29). The molecule has 11 nitrogen and oxygen atoms in total. The van der Waals surface area contributed by atoms with Gasteiger partial charge in [0, 0.05) is 26.4 Å². The number of carbonyl (C=O) groups is 1. The fourth-order valence-electron chi connectivity index (χ4n) is 3.68. The predicted molar refractivity (Wildman–Crippen MR) is 119 cm³/mol. The molecule has 2 N–H and O–H groups in total. The number of rotatable bonds is 5. The van der Waals surface area contributed by atoms with E-state index in [9.17, 15) is 18.7 Å². The third kappa shape index (κ3) is 3.68. The Morgan fingerprint density at radius 3 is 2.51 bits per heavy atom. The number of likely N-dealkylation sites (N-methyl/N-ethyl adjacent to an activating group) is 1. The number of nitrogens with one attached hydrogen (secondary N) is 1. The summed E-state index contributed by atoms with van der Waals surface area (Å²) >= 11 is 6.16. The molecule has 14 heteroatoms. The van der Waals surface area contributed by atoms with Gasteiger partial charge in [-0.2, -0.15) is 5.10 Å². The zero-order valence-corrected chi connectivity index (χ0v) is 19.0. The lowest BCUT2D eigenvalue weighted by atomic mass is 9.95. The molecule has 1 atom stereocenters. The van der Waals surface area contributed by atoms with Crippen LogP contribution in [-0.4, -0.2) is 65.3 Å². The average Bonchev–Trinajstić information content (AvgIpc) is 3.50. The van der Waals surface area contributed by atoms with Crippen LogP contribution < -0.4 is 5.32 Å². The Hall–Kier alpha value is -3.97. The van der Waals surface area contributed by atoms with Gasteiger partial charge in [-0.3, -0.25) is 9.48 Å². The third-order valence-electron chi connectivity index (χ3n) is 5.53. The molecule has 4 aromatic rings. The molecule has 0 aromatic carbocycles. The van der Waals surface area contributed by atoms with E-state index in [1.54, 1.807) is 31.3 Å². The summed E-state index contributed by atoms with van der Waals surface area (Å²) in [5.41, 5.74) is -1.44. The van der Waals surface area contributed by atoms with Crippen LogP contribution in [0.3, 0.4) is 0 Å². The summed E-state index contributed by atoms with van der Waals surface area (Å²) in [5, 5.41) is 21.7. The molecule has 1 unspecified atom stereocenters. The quantitative estimate of drug-likeness (QED) is 0.422. The summed E-state index contributed by atoms with van der Waals surface area (Å²) in [4.78, 5) is 26.1. The van der Waals surface area contributed by atoms with Crippen molar-refractivity contribution in [3.8, 4) is 22.8 Å². The second-order valence-electron chi connectivity index (χ2n) is 7.92. The Morgan fingerprint density at radius 1 is 1.14 bits per heavy atom. The smallest absolute Gasteiger partial charge is 0.309 e. The van der Waals surface area contributed by atoms with Crippen molar-refractivity contribution >= 4 is 29.1 Å². The Morgan fingerprint density at radius 2 is 1.86 bits per heavy atom. The van der Waals surface area contributed by atoms with E-state index in [1.807, 2.05) is 0 Å². The van der Waals surface area contributed by atoms with Gasteiger partial charge in [-0.05, 0) is 18.2 Å². The molecule has 0 aliphatic carbocycles. The molecule has 0 radical (unpaired) electrons. The maximum atomic E-state index is 14.4. The van der Waals surface area contributed by atoms with Gasteiger partial charge in [-0.25, -0.2) is 23.7 Å². The van der Waals surface area contributed by atoms with Crippen molar-refractivity contribution in [2.75, 3.05) is 18.9 Å². The topological polar surface area (TPSA) is 135 Å². The number of pyridine rings is 1. The Labute approximate surface area is 201 Å². The number of likely N-dealkylation sites (tertiary alicyclic amines) is 1. The van der Waals surface area contributed by atoms with Crippen LogP contribution in [0.4, 0.5) is 20.4 Å². The number of aryl methyl sites for hydroxylation is 1. The Kier molecular flexibility index (Phi) is 5.25. The Balaban J connectivity index is 1.45. The summed E-state index contributed by atoms with van der Waals surface area (Å²) in [6.45, 7) is -0.944. The molecule has 0 bridgehead atoms. The minimum Gasteiger partial charge on any atom is -0.368 e. The monoisotopic (exact) mass is 502 g/mol. The van der Waals surface area contributed by atoms with Crippen LogP contribution in [0.1, 0.15) is 5.76 Å². The highest BCUT2D eigenvalue weighted by atomic mass is 35.5. The van der Waals surface area contributed by atoms with Crippen LogP contribution in [0.2, 0.25) is 5.15 Å². The third-order valence-corrected chi connectivity index (χ3v) is 5.98. The van der Waals surface area contributed by atoms with Crippen LogP contribution in [0, 0.1) is 0 Å². The maximum absolute atomic E-state index is 14.4. The number of hydrogen-bond acceptors (Lipinski definition) is 9. The summed E-state index contributed by atoms with van der Waals surface area (Å²) in [7, 11) is 2.86. The van der Waals surface area contributed by atoms with Gasteiger partial charge in [0.15, 0.2) is 5.76 Å². The SMILES string of the molecule is CN1CC(F)(F)C(O)(c2cc(-c3cccc(-c4ccnc(Nc5cnn(C)c5Cl)n4)n3)no2)C1=O. The second-order valence-corrected chi connectivity index (χ2v) is 8.28. The number of halogens is 3. The van der Waals surface area contributed by atoms with Crippen LogP contribution >= 0.6 is 11.6 Å². The van der Waals surface area contributed by atoms with Gasteiger partial charge in [0.2, 0.25) is 5.95 Å². The molecule has 5 rings (SSSR count). The van der Waals surface area contributed by atoms with Crippen LogP contribution in [0.5, 0.6) is 0 Å². The summed E-state index contributed by atoms with van der Waals surface area (Å²) < 4.78 is 35.4. The van der Waals surface area contributed by atoms with Gasteiger partial charge in [0.1, 0.15) is 10.8 Å². The number of alkyl halides is 2. The number of amides is 1. The van der Waals surface area contributed by atoms with E-state index in [-0.39, 0.29) is 17.3 Å². The number of aromatic nitrogens is 6. The van der Waals surface area contributed by atoms with Crippen molar-refractivity contribution in [1.82, 2.24) is 34.8 Å². The maximum Gasteiger partial charge on any atom is 0.309 e. The molecule has 1 saturated heterocycles. The zero-order valence-electron chi connectivity index (χ0n) is 18.3. The molecule has 1 aliphatic rings. The first kappa shape index (κ1) is 22.8. The molecule has 35 heavy (non-hydrogen) atoms. The molecule has 4 aromatic heterocycles. The van der Waals surface area contributed by atoms with E-state index in [1.165, 1.54) is 24.1 Å². The van der Waals surface area contributed by atoms with Gasteiger partial charge >= 0.3 is 5.92 Å². The number of carbonyl (C=O) groups excluding carboxylic acids is 1. The van der Waals surface area contributed by atoms with E-state index in [0.29, 0.717) is 22.2 Å². The summed E-state index contributed by atoms with van der Waals surface area (Å²) in [6.07, 6.45) is 3.06. The minimum absolute atomic E-state index is 0.0583. The zero-order chi connectivity index (χ0) is 25.0. The molecular weight excluding hydrogens is 486 g/mol. The number of nitrogens with zero attached hydrogens (tertiary/aromatic N) is 7. The average molecular weight is 503 g/mol. The highest BCUT2D eigenvalue weighted by Gasteiger charge is 2.68. The van der Waals surface area contributed by atoms with E-state index in [0.717, 1.165) is 11.0 Å². The van der Waals surface area contributed by atoms with Crippen molar-refractivity contribution in [2.45, 2.75) is 11.5 Å². The fraction of sp³-hybridized carbons (Fsp3) is 0.238.